The van der Waals surface area contributed by atoms with Crippen molar-refractivity contribution in [2.75, 3.05) is 45.3 Å². The monoisotopic (exact) mass is 456 g/mol. The van der Waals surface area contributed by atoms with E-state index in [-0.39, 0.29) is 5.57 Å². The van der Waals surface area contributed by atoms with Crippen molar-refractivity contribution in [3.63, 3.8) is 0 Å². The fourth-order valence-corrected chi connectivity index (χ4v) is 3.93. The van der Waals surface area contributed by atoms with Gasteiger partial charge in [0.1, 0.15) is 30.1 Å². The van der Waals surface area contributed by atoms with Gasteiger partial charge in [-0.25, -0.2) is 9.97 Å². The third-order valence-electron chi connectivity index (χ3n) is 5.64. The van der Waals surface area contributed by atoms with E-state index in [9.17, 15) is 10.5 Å². The highest BCUT2D eigenvalue weighted by molar-refractivity contribution is 5.92. The fraction of sp³-hybridized carbons (Fsp3) is 0.292. The van der Waals surface area contributed by atoms with Crippen molar-refractivity contribution in [3.8, 4) is 23.6 Å². The number of rotatable bonds is 7. The zero-order valence-corrected chi connectivity index (χ0v) is 19.0. The van der Waals surface area contributed by atoms with Gasteiger partial charge in [0.05, 0.1) is 32.0 Å². The van der Waals surface area contributed by atoms with Gasteiger partial charge in [-0.3, -0.25) is 4.98 Å². The average molecular weight is 457 g/mol. The van der Waals surface area contributed by atoms with Crippen LogP contribution in [0.1, 0.15) is 5.69 Å². The molecule has 0 spiro atoms. The number of allylic oxidation sites excluding steroid dienone is 1. The maximum absolute atomic E-state index is 9.50. The van der Waals surface area contributed by atoms with E-state index in [1.54, 1.807) is 26.7 Å². The first kappa shape index (κ1) is 22.6. The van der Waals surface area contributed by atoms with Crippen LogP contribution in [0.15, 0.2) is 54.3 Å². The minimum Gasteiger partial charge on any atom is -0.493 e. The molecule has 0 atom stereocenters. The Balaban J connectivity index is 1.54. The molecule has 1 N–H and O–H groups in total. The Labute approximate surface area is 197 Å². The standard InChI is InChI=1S/C24H24N8O2/c1-33-21-11-19-20(12-22(21)34-2)29-16-30-24(19)32-9-7-31(8-10-32)23(17(13-25)14-26)28-15-18-5-3-4-6-27-18/h3-6,11-12,16,28H,7-10,15H2,1-2H3. The normalized spacial score (nSPS) is 13.1. The van der Waals surface area contributed by atoms with Crippen LogP contribution in [0.2, 0.25) is 0 Å². The molecule has 0 bridgehead atoms. The van der Waals surface area contributed by atoms with E-state index in [1.807, 2.05) is 47.4 Å². The van der Waals surface area contributed by atoms with Crippen LogP contribution in [0.3, 0.4) is 0 Å². The SMILES string of the molecule is COc1cc2ncnc(N3CCN(C(NCc4ccccn4)=C(C#N)C#N)CC3)c2cc1OC. The minimum atomic E-state index is 0.0497. The molecule has 34 heavy (non-hydrogen) atoms. The number of ether oxygens (including phenoxy) is 2. The van der Waals surface area contributed by atoms with Gasteiger partial charge >= 0.3 is 0 Å². The Kier molecular flexibility index (Phi) is 6.89. The molecule has 3 heterocycles. The van der Waals surface area contributed by atoms with Crippen LogP contribution >= 0.6 is 0 Å². The van der Waals surface area contributed by atoms with Gasteiger partial charge in [-0.1, -0.05) is 6.07 Å². The van der Waals surface area contributed by atoms with Crippen LogP contribution in [-0.4, -0.2) is 60.3 Å². The number of fused-ring (bicyclic) bond motifs is 1. The van der Waals surface area contributed by atoms with Crippen LogP contribution in [0, 0.1) is 22.7 Å². The molecule has 4 rings (SSSR count). The Morgan fingerprint density at radius 3 is 2.38 bits per heavy atom. The van der Waals surface area contributed by atoms with Crippen molar-refractivity contribution < 1.29 is 9.47 Å². The molecule has 1 fully saturated rings. The predicted molar refractivity (Wildman–Crippen MR) is 126 cm³/mol. The van der Waals surface area contributed by atoms with Gasteiger partial charge in [0.25, 0.3) is 0 Å². The van der Waals surface area contributed by atoms with Gasteiger partial charge in [-0.2, -0.15) is 10.5 Å². The topological polar surface area (TPSA) is 123 Å². The van der Waals surface area contributed by atoms with Crippen LogP contribution in [0.25, 0.3) is 10.9 Å². The van der Waals surface area contributed by atoms with Gasteiger partial charge in [-0.05, 0) is 18.2 Å². The molecule has 2 aromatic heterocycles. The van der Waals surface area contributed by atoms with Crippen LogP contribution in [-0.2, 0) is 6.54 Å². The number of nitrogens with zero attached hydrogens (tertiary/aromatic N) is 7. The maximum Gasteiger partial charge on any atom is 0.169 e. The minimum absolute atomic E-state index is 0.0497. The van der Waals surface area contributed by atoms with Crippen molar-refractivity contribution in [2.24, 2.45) is 0 Å². The molecule has 0 unspecified atom stereocenters. The number of methoxy groups -OCH3 is 2. The zero-order valence-electron chi connectivity index (χ0n) is 19.0. The molecule has 0 aliphatic carbocycles. The predicted octanol–water partition coefficient (Wildman–Crippen LogP) is 2.21. The molecule has 1 aromatic carbocycles. The Morgan fingerprint density at radius 2 is 1.74 bits per heavy atom. The Hall–Kier alpha value is -4.57. The molecule has 1 aliphatic heterocycles. The van der Waals surface area contributed by atoms with E-state index < -0.39 is 0 Å². The van der Waals surface area contributed by atoms with Gasteiger partial charge < -0.3 is 24.6 Å². The molecular weight excluding hydrogens is 432 g/mol. The quantitative estimate of drug-likeness (QED) is 0.529. The van der Waals surface area contributed by atoms with E-state index in [0.717, 1.165) is 22.4 Å². The average Bonchev–Trinajstić information content (AvgIpc) is 2.90. The summed E-state index contributed by atoms with van der Waals surface area (Å²) in [6.07, 6.45) is 3.25. The number of nitrogens with one attached hydrogen (secondary N) is 1. The first-order valence-electron chi connectivity index (χ1n) is 10.7. The van der Waals surface area contributed by atoms with Gasteiger partial charge in [0, 0.05) is 43.8 Å². The fourth-order valence-electron chi connectivity index (χ4n) is 3.93. The van der Waals surface area contributed by atoms with Gasteiger partial charge in [0.15, 0.2) is 17.1 Å². The zero-order chi connectivity index (χ0) is 23.9. The van der Waals surface area contributed by atoms with Crippen LogP contribution < -0.4 is 19.7 Å². The van der Waals surface area contributed by atoms with Crippen molar-refractivity contribution in [3.05, 3.63) is 59.9 Å². The smallest absolute Gasteiger partial charge is 0.169 e. The first-order chi connectivity index (χ1) is 16.7. The highest BCUT2D eigenvalue weighted by atomic mass is 16.5. The van der Waals surface area contributed by atoms with E-state index >= 15 is 0 Å². The number of piperazine rings is 1. The highest BCUT2D eigenvalue weighted by Gasteiger charge is 2.24. The van der Waals surface area contributed by atoms with Crippen molar-refractivity contribution >= 4 is 16.7 Å². The second-order valence-electron chi connectivity index (χ2n) is 7.52. The number of nitriles is 2. The number of pyridine rings is 1. The summed E-state index contributed by atoms with van der Waals surface area (Å²) in [6, 6.07) is 13.4. The molecule has 0 saturated carbocycles. The number of hydrogen-bond acceptors (Lipinski definition) is 10. The first-order valence-corrected chi connectivity index (χ1v) is 10.7. The molecule has 3 aromatic rings. The lowest BCUT2D eigenvalue weighted by Crippen LogP contribution is -2.48. The molecule has 172 valence electrons. The number of benzene rings is 1. The third kappa shape index (κ3) is 4.62. The Morgan fingerprint density at radius 1 is 1.00 bits per heavy atom. The lowest BCUT2D eigenvalue weighted by molar-refractivity contribution is 0.297. The summed E-state index contributed by atoms with van der Waals surface area (Å²) in [7, 11) is 3.19. The van der Waals surface area contributed by atoms with E-state index in [0.29, 0.717) is 50.0 Å². The van der Waals surface area contributed by atoms with Crippen LogP contribution in [0.4, 0.5) is 5.82 Å². The lowest BCUT2D eigenvalue weighted by Gasteiger charge is -2.38. The van der Waals surface area contributed by atoms with Crippen LogP contribution in [0.5, 0.6) is 11.5 Å². The number of hydrogen-bond donors (Lipinski definition) is 1. The van der Waals surface area contributed by atoms with Crippen molar-refractivity contribution in [1.29, 1.82) is 10.5 Å². The second kappa shape index (κ2) is 10.4. The molecular formula is C24H24N8O2. The summed E-state index contributed by atoms with van der Waals surface area (Å²) in [4.78, 5) is 17.4. The van der Waals surface area contributed by atoms with E-state index in [1.165, 1.54) is 0 Å². The van der Waals surface area contributed by atoms with Gasteiger partial charge in [0.2, 0.25) is 0 Å². The van der Waals surface area contributed by atoms with E-state index in [4.69, 9.17) is 9.47 Å². The molecule has 10 heteroatoms. The van der Waals surface area contributed by atoms with Crippen molar-refractivity contribution in [2.45, 2.75) is 6.54 Å². The van der Waals surface area contributed by atoms with Crippen molar-refractivity contribution in [1.82, 2.24) is 25.2 Å². The molecule has 0 amide bonds. The number of aromatic nitrogens is 3. The Bertz CT molecular complexity index is 1260. The highest BCUT2D eigenvalue weighted by Crippen LogP contribution is 2.35. The molecule has 1 aliphatic rings. The van der Waals surface area contributed by atoms with E-state index in [2.05, 4.69) is 25.2 Å². The molecule has 10 nitrogen and oxygen atoms in total. The molecule has 0 radical (unpaired) electrons. The largest absolute Gasteiger partial charge is 0.493 e. The van der Waals surface area contributed by atoms with Gasteiger partial charge in [-0.15, -0.1) is 0 Å². The number of anilines is 1. The summed E-state index contributed by atoms with van der Waals surface area (Å²) < 4.78 is 10.9. The second-order valence-corrected chi connectivity index (χ2v) is 7.52. The summed E-state index contributed by atoms with van der Waals surface area (Å²) in [5, 5.41) is 23.1. The summed E-state index contributed by atoms with van der Waals surface area (Å²) in [6.45, 7) is 2.94. The maximum atomic E-state index is 9.50. The lowest BCUT2D eigenvalue weighted by atomic mass is 10.1. The third-order valence-corrected chi connectivity index (χ3v) is 5.64. The molecule has 1 saturated heterocycles. The summed E-state index contributed by atoms with van der Waals surface area (Å²) in [5.41, 5.74) is 1.64. The summed E-state index contributed by atoms with van der Waals surface area (Å²) >= 11 is 0. The summed E-state index contributed by atoms with van der Waals surface area (Å²) in [5.74, 6) is 2.55.